The summed E-state index contributed by atoms with van der Waals surface area (Å²) in [5.41, 5.74) is 0.294. The SMILES string of the molecule is CC(C)(C)OC(=O)N1CC[C@H](Oc2ccc(NC(=O)c3ccc(OC4CCN(C(=O)O)[C@H]4C(C)(C)C)c(-c4ccc(F)c(F)c4)c3)cc2Br)C1. The minimum Gasteiger partial charge on any atom is -0.488 e. The highest BCUT2D eigenvalue weighted by Gasteiger charge is 2.45. The number of ether oxygens (including phenoxy) is 3. The molecule has 13 heteroatoms. The number of amides is 3. The Labute approximate surface area is 298 Å². The summed E-state index contributed by atoms with van der Waals surface area (Å²) in [6, 6.07) is 12.8. The van der Waals surface area contributed by atoms with Crippen LogP contribution in [0.5, 0.6) is 11.5 Å². The fraction of sp³-hybridized carbons (Fsp3) is 0.432. The van der Waals surface area contributed by atoms with Gasteiger partial charge in [-0.3, -0.25) is 4.79 Å². The van der Waals surface area contributed by atoms with Gasteiger partial charge in [0.2, 0.25) is 0 Å². The summed E-state index contributed by atoms with van der Waals surface area (Å²) in [6.45, 7) is 12.4. The van der Waals surface area contributed by atoms with Gasteiger partial charge in [0, 0.05) is 42.7 Å². The number of rotatable bonds is 7. The Morgan fingerprint density at radius 1 is 0.880 bits per heavy atom. The summed E-state index contributed by atoms with van der Waals surface area (Å²) < 4.78 is 46.9. The molecule has 2 aliphatic rings. The topological polar surface area (TPSA) is 118 Å². The molecule has 10 nitrogen and oxygen atoms in total. The number of anilines is 1. The molecule has 0 spiro atoms. The monoisotopic (exact) mass is 757 g/mol. The van der Waals surface area contributed by atoms with Crippen LogP contribution in [0.3, 0.4) is 0 Å². The van der Waals surface area contributed by atoms with E-state index in [1.807, 2.05) is 41.5 Å². The maximum atomic E-state index is 14.4. The van der Waals surface area contributed by atoms with Crippen LogP contribution in [0, 0.1) is 17.0 Å². The van der Waals surface area contributed by atoms with Crippen molar-refractivity contribution in [2.24, 2.45) is 5.41 Å². The maximum Gasteiger partial charge on any atom is 0.410 e. The van der Waals surface area contributed by atoms with Crippen LogP contribution in [0.25, 0.3) is 11.1 Å². The number of carboxylic acid groups (broad SMARTS) is 1. The van der Waals surface area contributed by atoms with Crippen LogP contribution in [0.4, 0.5) is 24.1 Å². The Morgan fingerprint density at radius 2 is 1.60 bits per heavy atom. The van der Waals surface area contributed by atoms with Crippen LogP contribution < -0.4 is 14.8 Å². The number of likely N-dealkylation sites (tertiary alicyclic amines) is 2. The van der Waals surface area contributed by atoms with E-state index in [1.54, 1.807) is 35.2 Å². The van der Waals surface area contributed by atoms with E-state index in [0.717, 1.165) is 12.1 Å². The van der Waals surface area contributed by atoms with Crippen LogP contribution in [0.1, 0.15) is 64.7 Å². The lowest BCUT2D eigenvalue weighted by Gasteiger charge is -2.37. The van der Waals surface area contributed by atoms with Gasteiger partial charge in [0.15, 0.2) is 11.6 Å². The van der Waals surface area contributed by atoms with Gasteiger partial charge in [-0.05, 0) is 96.2 Å². The van der Waals surface area contributed by atoms with Gasteiger partial charge in [-0.15, -0.1) is 0 Å². The zero-order valence-electron chi connectivity index (χ0n) is 28.9. The number of hydrogen-bond acceptors (Lipinski definition) is 6. The van der Waals surface area contributed by atoms with E-state index >= 15 is 0 Å². The Kier molecular flexibility index (Phi) is 10.7. The van der Waals surface area contributed by atoms with Crippen molar-refractivity contribution in [2.75, 3.05) is 25.0 Å². The molecule has 2 aliphatic heterocycles. The van der Waals surface area contributed by atoms with Crippen LogP contribution in [0.2, 0.25) is 0 Å². The normalized spacial score (nSPS) is 19.3. The average molecular weight is 759 g/mol. The number of nitrogens with zero attached hydrogens (tertiary/aromatic N) is 2. The quantitative estimate of drug-likeness (QED) is 0.248. The average Bonchev–Trinajstić information content (AvgIpc) is 3.67. The van der Waals surface area contributed by atoms with E-state index in [4.69, 9.17) is 14.2 Å². The van der Waals surface area contributed by atoms with Gasteiger partial charge in [0.1, 0.15) is 29.3 Å². The number of carbonyl (C=O) groups excluding carboxylic acids is 2. The summed E-state index contributed by atoms with van der Waals surface area (Å²) in [5, 5.41) is 12.7. The van der Waals surface area contributed by atoms with Crippen LogP contribution in [-0.4, -0.2) is 76.5 Å². The molecule has 3 aromatic rings. The largest absolute Gasteiger partial charge is 0.488 e. The Morgan fingerprint density at radius 3 is 2.24 bits per heavy atom. The first kappa shape index (κ1) is 36.9. The molecule has 2 N–H and O–H groups in total. The third-order valence-corrected chi connectivity index (χ3v) is 9.13. The van der Waals surface area contributed by atoms with Crippen molar-refractivity contribution in [1.82, 2.24) is 9.80 Å². The second kappa shape index (κ2) is 14.5. The van der Waals surface area contributed by atoms with Gasteiger partial charge >= 0.3 is 12.2 Å². The van der Waals surface area contributed by atoms with E-state index < -0.39 is 46.8 Å². The first-order chi connectivity index (χ1) is 23.4. The number of nitrogens with one attached hydrogen (secondary N) is 1. The first-order valence-electron chi connectivity index (χ1n) is 16.4. The van der Waals surface area contributed by atoms with E-state index in [2.05, 4.69) is 21.2 Å². The highest BCUT2D eigenvalue weighted by atomic mass is 79.9. The van der Waals surface area contributed by atoms with Gasteiger partial charge in [-0.1, -0.05) is 26.8 Å². The van der Waals surface area contributed by atoms with Crippen LogP contribution >= 0.6 is 15.9 Å². The van der Waals surface area contributed by atoms with Gasteiger partial charge in [0.05, 0.1) is 17.1 Å². The molecule has 2 fully saturated rings. The number of carbonyl (C=O) groups is 3. The highest BCUT2D eigenvalue weighted by Crippen LogP contribution is 2.39. The molecule has 3 amide bonds. The van der Waals surface area contributed by atoms with Crippen molar-refractivity contribution >= 4 is 39.7 Å². The molecule has 268 valence electrons. The molecule has 0 aromatic heterocycles. The Hall–Kier alpha value is -4.39. The minimum absolute atomic E-state index is 0.229. The molecule has 3 aromatic carbocycles. The fourth-order valence-electron chi connectivity index (χ4n) is 6.33. The molecule has 2 heterocycles. The molecule has 1 unspecified atom stereocenters. The highest BCUT2D eigenvalue weighted by molar-refractivity contribution is 9.10. The number of halogens is 3. The molecule has 2 saturated heterocycles. The molecule has 0 radical (unpaired) electrons. The second-order valence-corrected chi connectivity index (χ2v) is 15.5. The Bertz CT molecular complexity index is 1770. The van der Waals surface area contributed by atoms with Crippen molar-refractivity contribution in [3.05, 3.63) is 76.3 Å². The fourth-order valence-corrected chi connectivity index (χ4v) is 6.80. The molecular weight excluding hydrogens is 716 g/mol. The smallest absolute Gasteiger partial charge is 0.410 e. The summed E-state index contributed by atoms with van der Waals surface area (Å²) in [4.78, 5) is 40.9. The van der Waals surface area contributed by atoms with Crippen molar-refractivity contribution < 1.29 is 42.5 Å². The molecule has 3 atom stereocenters. The summed E-state index contributed by atoms with van der Waals surface area (Å²) >= 11 is 3.52. The van der Waals surface area contributed by atoms with E-state index in [1.165, 1.54) is 17.0 Å². The van der Waals surface area contributed by atoms with E-state index in [0.29, 0.717) is 53.2 Å². The summed E-state index contributed by atoms with van der Waals surface area (Å²) in [6.07, 6.45) is -1.10. The van der Waals surface area contributed by atoms with Crippen molar-refractivity contribution in [2.45, 2.75) is 78.2 Å². The summed E-state index contributed by atoms with van der Waals surface area (Å²) in [5.74, 6) is -1.69. The molecule has 5 rings (SSSR count). The standard InChI is InChI=1S/C37H42BrF2N3O7/c1-36(2,3)32-31(14-16-43(32)34(45)46)49-29-11-8-22(17-25(29)21-7-10-27(39)28(40)18-21)33(44)41-23-9-12-30(26(38)19-23)48-24-13-15-42(20-24)35(47)50-37(4,5)6/h7-12,17-19,24,31-32H,13-16,20H2,1-6H3,(H,41,44)(H,45,46)/t24-,31?,32+/m0/s1. The maximum absolute atomic E-state index is 14.4. The van der Waals surface area contributed by atoms with Gasteiger partial charge in [0.25, 0.3) is 5.91 Å². The van der Waals surface area contributed by atoms with Crippen molar-refractivity contribution in [3.63, 3.8) is 0 Å². The van der Waals surface area contributed by atoms with E-state index in [9.17, 15) is 28.3 Å². The predicted molar refractivity (Wildman–Crippen MR) is 188 cm³/mol. The number of benzene rings is 3. The molecule has 50 heavy (non-hydrogen) atoms. The predicted octanol–water partition coefficient (Wildman–Crippen LogP) is 8.58. The molecule has 0 saturated carbocycles. The lowest BCUT2D eigenvalue weighted by Crippen LogP contribution is -2.48. The van der Waals surface area contributed by atoms with Crippen molar-refractivity contribution in [3.8, 4) is 22.6 Å². The first-order valence-corrected chi connectivity index (χ1v) is 17.2. The molecular formula is C37H42BrF2N3O7. The van der Waals surface area contributed by atoms with Crippen LogP contribution in [-0.2, 0) is 4.74 Å². The minimum atomic E-state index is -1.06. The third-order valence-electron chi connectivity index (χ3n) is 8.51. The third kappa shape index (κ3) is 8.66. The lowest BCUT2D eigenvalue weighted by atomic mass is 9.83. The molecule has 0 aliphatic carbocycles. The van der Waals surface area contributed by atoms with Gasteiger partial charge in [-0.25, -0.2) is 18.4 Å². The van der Waals surface area contributed by atoms with Gasteiger partial charge in [-0.2, -0.15) is 0 Å². The molecule has 0 bridgehead atoms. The van der Waals surface area contributed by atoms with E-state index in [-0.39, 0.29) is 29.9 Å². The zero-order chi connectivity index (χ0) is 36.5. The second-order valence-electron chi connectivity index (χ2n) is 14.6. The zero-order valence-corrected chi connectivity index (χ0v) is 30.5. The van der Waals surface area contributed by atoms with Crippen molar-refractivity contribution in [1.29, 1.82) is 0 Å². The summed E-state index contributed by atoms with van der Waals surface area (Å²) in [7, 11) is 0. The Balaban J connectivity index is 1.33. The lowest BCUT2D eigenvalue weighted by molar-refractivity contribution is 0.0275. The van der Waals surface area contributed by atoms with Gasteiger partial charge < -0.3 is 34.4 Å². The van der Waals surface area contributed by atoms with Crippen LogP contribution in [0.15, 0.2) is 59.1 Å². The number of hydrogen-bond donors (Lipinski definition) is 2.